The van der Waals surface area contributed by atoms with Crippen LogP contribution < -0.4 is 0 Å². The second kappa shape index (κ2) is 5.21. The van der Waals surface area contributed by atoms with Crippen molar-refractivity contribution < 1.29 is 4.74 Å². The molecule has 0 N–H and O–H groups in total. The summed E-state index contributed by atoms with van der Waals surface area (Å²) in [7, 11) is 0. The Balaban J connectivity index is 2.42. The summed E-state index contributed by atoms with van der Waals surface area (Å²) >= 11 is 11.9. The van der Waals surface area contributed by atoms with Gasteiger partial charge in [-0.15, -0.1) is 0 Å². The smallest absolute Gasteiger partial charge is 0.235 e. The second-order valence-electron chi connectivity index (χ2n) is 3.43. The van der Waals surface area contributed by atoms with Gasteiger partial charge in [0.05, 0.1) is 10.6 Å². The van der Waals surface area contributed by atoms with E-state index in [2.05, 4.69) is 0 Å². The van der Waals surface area contributed by atoms with Crippen molar-refractivity contribution in [2.75, 3.05) is 0 Å². The van der Waals surface area contributed by atoms with Gasteiger partial charge in [-0.3, -0.25) is 0 Å². The van der Waals surface area contributed by atoms with Crippen LogP contribution in [0.25, 0.3) is 0 Å². The lowest BCUT2D eigenvalue weighted by molar-refractivity contribution is -0.354. The number of hydrogen-bond donors (Lipinski definition) is 0. The Morgan fingerprint density at radius 2 is 1.47 bits per heavy atom. The summed E-state index contributed by atoms with van der Waals surface area (Å²) in [6.45, 7) is 0. The Morgan fingerprint density at radius 1 is 0.882 bits per heavy atom. The van der Waals surface area contributed by atoms with E-state index in [0.717, 1.165) is 0 Å². The van der Waals surface area contributed by atoms with Crippen LogP contribution in [0.2, 0.25) is 10.0 Å². The van der Waals surface area contributed by atoms with Gasteiger partial charge in [0.2, 0.25) is 5.69 Å². The Hall–Kier alpha value is -1.51. The SMILES string of the molecule is [O-]/[N+](=C/c1ccccc1Cl)c1ccccc1Cl. The quantitative estimate of drug-likeness (QED) is 0.345. The molecule has 0 aliphatic heterocycles. The first-order valence-corrected chi connectivity index (χ1v) is 5.74. The highest BCUT2D eigenvalue weighted by Crippen LogP contribution is 2.23. The molecule has 86 valence electrons. The molecule has 0 fully saturated rings. The van der Waals surface area contributed by atoms with E-state index in [-0.39, 0.29) is 0 Å². The molecule has 0 radical (unpaired) electrons. The third-order valence-corrected chi connectivity index (χ3v) is 2.92. The molecule has 2 aromatic carbocycles. The topological polar surface area (TPSA) is 26.1 Å². The first-order valence-electron chi connectivity index (χ1n) is 4.99. The highest BCUT2D eigenvalue weighted by atomic mass is 35.5. The molecule has 2 aromatic rings. The van der Waals surface area contributed by atoms with E-state index >= 15 is 0 Å². The van der Waals surface area contributed by atoms with Crippen molar-refractivity contribution >= 4 is 35.1 Å². The number of benzene rings is 2. The lowest BCUT2D eigenvalue weighted by atomic mass is 10.2. The molecule has 0 unspecified atom stereocenters. The van der Waals surface area contributed by atoms with E-state index < -0.39 is 0 Å². The molecule has 0 aliphatic rings. The molecule has 17 heavy (non-hydrogen) atoms. The molecule has 0 aliphatic carbocycles. The summed E-state index contributed by atoms with van der Waals surface area (Å²) in [5.74, 6) is 0. The van der Waals surface area contributed by atoms with Crippen molar-refractivity contribution in [3.63, 3.8) is 0 Å². The fourth-order valence-electron chi connectivity index (χ4n) is 1.41. The van der Waals surface area contributed by atoms with Gasteiger partial charge >= 0.3 is 0 Å². The average Bonchev–Trinajstić information content (AvgIpc) is 2.32. The van der Waals surface area contributed by atoms with E-state index in [4.69, 9.17) is 23.2 Å². The van der Waals surface area contributed by atoms with Crippen molar-refractivity contribution in [2.24, 2.45) is 0 Å². The van der Waals surface area contributed by atoms with Gasteiger partial charge in [-0.2, -0.15) is 4.74 Å². The molecular weight excluding hydrogens is 257 g/mol. The minimum Gasteiger partial charge on any atom is -0.618 e. The van der Waals surface area contributed by atoms with Crippen LogP contribution in [0.3, 0.4) is 0 Å². The Morgan fingerprint density at radius 3 is 2.12 bits per heavy atom. The fraction of sp³-hybridized carbons (Fsp3) is 0. The molecule has 0 saturated heterocycles. The van der Waals surface area contributed by atoms with Crippen molar-refractivity contribution in [1.82, 2.24) is 0 Å². The zero-order valence-electron chi connectivity index (χ0n) is 8.81. The van der Waals surface area contributed by atoms with E-state index in [0.29, 0.717) is 26.0 Å². The molecule has 0 spiro atoms. The molecule has 2 rings (SSSR count). The predicted molar refractivity (Wildman–Crippen MR) is 71.4 cm³/mol. The van der Waals surface area contributed by atoms with E-state index in [1.807, 2.05) is 12.1 Å². The first kappa shape index (κ1) is 12.0. The molecule has 2 nitrogen and oxygen atoms in total. The van der Waals surface area contributed by atoms with E-state index in [9.17, 15) is 5.21 Å². The molecule has 0 aromatic heterocycles. The Labute approximate surface area is 109 Å². The van der Waals surface area contributed by atoms with E-state index in [1.165, 1.54) is 6.21 Å². The summed E-state index contributed by atoms with van der Waals surface area (Å²) in [6, 6.07) is 14.0. The minimum atomic E-state index is 0.397. The van der Waals surface area contributed by atoms with Crippen LogP contribution in [-0.2, 0) is 0 Å². The average molecular weight is 266 g/mol. The highest BCUT2D eigenvalue weighted by molar-refractivity contribution is 6.33. The van der Waals surface area contributed by atoms with Crippen LogP contribution in [0.15, 0.2) is 48.5 Å². The van der Waals surface area contributed by atoms with Gasteiger partial charge < -0.3 is 5.21 Å². The minimum absolute atomic E-state index is 0.397. The van der Waals surface area contributed by atoms with Crippen LogP contribution in [0.1, 0.15) is 5.56 Å². The van der Waals surface area contributed by atoms with Gasteiger partial charge in [-0.25, -0.2) is 0 Å². The normalized spacial score (nSPS) is 11.5. The third-order valence-electron chi connectivity index (χ3n) is 2.25. The summed E-state index contributed by atoms with van der Waals surface area (Å²) < 4.78 is 0.712. The largest absolute Gasteiger partial charge is 0.618 e. The maximum absolute atomic E-state index is 11.9. The van der Waals surface area contributed by atoms with Crippen molar-refractivity contribution in [3.8, 4) is 0 Å². The lowest BCUT2D eigenvalue weighted by Gasteiger charge is -2.04. The number of hydrogen-bond acceptors (Lipinski definition) is 1. The predicted octanol–water partition coefficient (Wildman–Crippen LogP) is 4.25. The summed E-state index contributed by atoms with van der Waals surface area (Å²) in [5.41, 5.74) is 1.05. The van der Waals surface area contributed by atoms with Gasteiger partial charge in [0.15, 0.2) is 6.21 Å². The lowest BCUT2D eigenvalue weighted by Crippen LogP contribution is -1.99. The standard InChI is InChI=1S/C13H9Cl2NO/c14-11-6-2-1-5-10(11)9-16(17)13-8-4-3-7-12(13)15/h1-9H/b16-9+. The van der Waals surface area contributed by atoms with Crippen LogP contribution >= 0.6 is 23.2 Å². The molecule has 0 bridgehead atoms. The molecule has 0 saturated carbocycles. The number of halogens is 2. The third kappa shape index (κ3) is 2.78. The summed E-state index contributed by atoms with van der Waals surface area (Å²) in [6.07, 6.45) is 1.41. The Bertz CT molecular complexity index is 567. The molecular formula is C13H9Cl2NO. The zero-order valence-corrected chi connectivity index (χ0v) is 10.3. The Kier molecular flexibility index (Phi) is 3.67. The van der Waals surface area contributed by atoms with Gasteiger partial charge in [-0.1, -0.05) is 47.5 Å². The van der Waals surface area contributed by atoms with Crippen molar-refractivity contribution in [3.05, 3.63) is 69.3 Å². The first-order chi connectivity index (χ1) is 8.18. The summed E-state index contributed by atoms with van der Waals surface area (Å²) in [5, 5.41) is 12.8. The maximum atomic E-state index is 11.9. The van der Waals surface area contributed by atoms with Gasteiger partial charge in [0, 0.05) is 6.07 Å². The van der Waals surface area contributed by atoms with Gasteiger partial charge in [0.25, 0.3) is 0 Å². The van der Waals surface area contributed by atoms with Gasteiger partial charge in [0.1, 0.15) is 5.02 Å². The molecule has 0 amide bonds. The number of nitrogens with zero attached hydrogens (tertiary/aromatic N) is 1. The van der Waals surface area contributed by atoms with Crippen LogP contribution in [0.5, 0.6) is 0 Å². The van der Waals surface area contributed by atoms with Crippen LogP contribution in [-0.4, -0.2) is 11.0 Å². The number of rotatable bonds is 2. The maximum Gasteiger partial charge on any atom is 0.235 e. The van der Waals surface area contributed by atoms with Crippen molar-refractivity contribution in [1.29, 1.82) is 0 Å². The van der Waals surface area contributed by atoms with Gasteiger partial charge in [-0.05, 0) is 18.2 Å². The molecule has 0 atom stereocenters. The monoisotopic (exact) mass is 265 g/mol. The zero-order chi connectivity index (χ0) is 12.3. The fourth-order valence-corrected chi connectivity index (χ4v) is 1.81. The molecule has 4 heteroatoms. The summed E-state index contributed by atoms with van der Waals surface area (Å²) in [4.78, 5) is 0. The van der Waals surface area contributed by atoms with E-state index in [1.54, 1.807) is 36.4 Å². The second-order valence-corrected chi connectivity index (χ2v) is 4.24. The highest BCUT2D eigenvalue weighted by Gasteiger charge is 2.07. The van der Waals surface area contributed by atoms with Crippen LogP contribution in [0.4, 0.5) is 5.69 Å². The van der Waals surface area contributed by atoms with Crippen LogP contribution in [0, 0.1) is 5.21 Å². The number of para-hydroxylation sites is 1. The molecule has 0 heterocycles. The van der Waals surface area contributed by atoms with Crippen molar-refractivity contribution in [2.45, 2.75) is 0 Å².